The lowest BCUT2D eigenvalue weighted by Gasteiger charge is -2.24. The number of benzene rings is 3. The zero-order valence-electron chi connectivity index (χ0n) is 20.9. The maximum atomic E-state index is 13.7. The Bertz CT molecular complexity index is 1510. The molecule has 1 saturated carbocycles. The van der Waals surface area contributed by atoms with Crippen molar-refractivity contribution in [1.29, 1.82) is 0 Å². The number of nitrogens with zero attached hydrogens (tertiary/aromatic N) is 2. The predicted molar refractivity (Wildman–Crippen MR) is 147 cm³/mol. The van der Waals surface area contributed by atoms with Gasteiger partial charge in [0.2, 0.25) is 0 Å². The van der Waals surface area contributed by atoms with E-state index in [1.807, 2.05) is 36.4 Å². The summed E-state index contributed by atoms with van der Waals surface area (Å²) in [7, 11) is 0. The topological polar surface area (TPSA) is 116 Å². The summed E-state index contributed by atoms with van der Waals surface area (Å²) in [6.45, 7) is 0. The monoisotopic (exact) mass is 507 g/mol. The quantitative estimate of drug-likeness (QED) is 0.252. The molecule has 0 saturated heterocycles. The molecule has 0 aliphatic heterocycles. The number of rotatable bonds is 7. The van der Waals surface area contributed by atoms with Crippen LogP contribution in [0.15, 0.2) is 94.8 Å². The van der Waals surface area contributed by atoms with Crippen LogP contribution in [0.2, 0.25) is 0 Å². The number of hydrogen-bond donors (Lipinski definition) is 3. The number of aromatic amines is 1. The van der Waals surface area contributed by atoms with Crippen LogP contribution in [0.4, 0.5) is 0 Å². The highest BCUT2D eigenvalue weighted by atomic mass is 16.2. The summed E-state index contributed by atoms with van der Waals surface area (Å²) in [6.07, 6.45) is 5.44. The van der Waals surface area contributed by atoms with Gasteiger partial charge in [-0.3, -0.25) is 14.4 Å². The van der Waals surface area contributed by atoms with Gasteiger partial charge in [-0.25, -0.2) is 10.5 Å². The molecule has 1 unspecified atom stereocenters. The standard InChI is InChI=1S/C30H29N5O3/c36-28(22-16-8-3-9-17-22)31-27(26-23-18-10-11-19-24(23)29(37)34-33-26)30(38)35-32-25(20-12-4-1-5-13-20)21-14-6-2-7-15-21/h1,3-5,8-13,16-19,21,27H,2,6-7,14-15H2,(H,31,36)(H,34,37)(H,35,38)/b32-25+. The Morgan fingerprint density at radius 3 is 2.11 bits per heavy atom. The van der Waals surface area contributed by atoms with Gasteiger partial charge in [-0.15, -0.1) is 0 Å². The summed E-state index contributed by atoms with van der Waals surface area (Å²) in [6, 6.07) is 24.1. The third-order valence-electron chi connectivity index (χ3n) is 6.92. The zero-order valence-corrected chi connectivity index (χ0v) is 20.9. The average Bonchev–Trinajstić information content (AvgIpc) is 2.98. The highest BCUT2D eigenvalue weighted by Crippen LogP contribution is 2.28. The molecule has 1 heterocycles. The van der Waals surface area contributed by atoms with E-state index in [-0.39, 0.29) is 17.2 Å². The SMILES string of the molecule is O=C(NC(C(=O)N/N=C(\c1ccccc1)C1CCCCC1)c1n[nH]c(=O)c2ccccc12)c1ccccc1. The number of fused-ring (bicyclic) bond motifs is 1. The van der Waals surface area contributed by atoms with E-state index in [1.165, 1.54) is 6.42 Å². The molecular formula is C30H29N5O3. The van der Waals surface area contributed by atoms with Crippen molar-refractivity contribution < 1.29 is 9.59 Å². The highest BCUT2D eigenvalue weighted by molar-refractivity contribution is 6.03. The molecule has 3 aromatic carbocycles. The van der Waals surface area contributed by atoms with Gasteiger partial charge >= 0.3 is 0 Å². The fourth-order valence-corrected chi connectivity index (χ4v) is 4.97. The molecule has 4 aromatic rings. The molecule has 0 bridgehead atoms. The summed E-state index contributed by atoms with van der Waals surface area (Å²) in [4.78, 5) is 39.2. The largest absolute Gasteiger partial charge is 0.335 e. The Morgan fingerprint density at radius 1 is 0.816 bits per heavy atom. The van der Waals surface area contributed by atoms with Gasteiger partial charge in [0.1, 0.15) is 5.69 Å². The third kappa shape index (κ3) is 5.54. The lowest BCUT2D eigenvalue weighted by Crippen LogP contribution is -2.40. The molecule has 8 heteroatoms. The van der Waals surface area contributed by atoms with E-state index in [0.29, 0.717) is 16.3 Å². The Kier molecular flexibility index (Phi) is 7.68. The van der Waals surface area contributed by atoms with Crippen LogP contribution in [-0.2, 0) is 4.79 Å². The van der Waals surface area contributed by atoms with Crippen molar-refractivity contribution in [1.82, 2.24) is 20.9 Å². The van der Waals surface area contributed by atoms with Crippen molar-refractivity contribution in [3.05, 3.63) is 112 Å². The maximum Gasteiger partial charge on any atom is 0.272 e. The number of hydrazone groups is 1. The normalized spacial score (nSPS) is 15.1. The maximum absolute atomic E-state index is 13.7. The van der Waals surface area contributed by atoms with Gasteiger partial charge in [-0.1, -0.05) is 86.0 Å². The first-order valence-electron chi connectivity index (χ1n) is 12.9. The Balaban J connectivity index is 1.51. The molecule has 8 nitrogen and oxygen atoms in total. The zero-order chi connectivity index (χ0) is 26.3. The fraction of sp³-hybridized carbons (Fsp3) is 0.233. The van der Waals surface area contributed by atoms with Crippen molar-refractivity contribution in [2.75, 3.05) is 0 Å². The number of carbonyl (C=O) groups is 2. The van der Waals surface area contributed by atoms with Crippen LogP contribution in [0.5, 0.6) is 0 Å². The molecule has 38 heavy (non-hydrogen) atoms. The number of aromatic nitrogens is 2. The van der Waals surface area contributed by atoms with Gasteiger partial charge in [0.25, 0.3) is 17.4 Å². The molecule has 5 rings (SSSR count). The second kappa shape index (κ2) is 11.6. The van der Waals surface area contributed by atoms with Crippen LogP contribution in [0.3, 0.4) is 0 Å². The molecule has 1 aliphatic carbocycles. The second-order valence-electron chi connectivity index (χ2n) is 9.43. The summed E-state index contributed by atoms with van der Waals surface area (Å²) >= 11 is 0. The molecule has 1 atom stereocenters. The lowest BCUT2D eigenvalue weighted by molar-refractivity contribution is -0.123. The first kappa shape index (κ1) is 25.1. The van der Waals surface area contributed by atoms with Gasteiger partial charge in [0.15, 0.2) is 6.04 Å². The molecule has 192 valence electrons. The molecular weight excluding hydrogens is 478 g/mol. The molecule has 0 radical (unpaired) electrons. The molecule has 1 fully saturated rings. The van der Waals surface area contributed by atoms with Crippen molar-refractivity contribution in [2.24, 2.45) is 11.0 Å². The third-order valence-corrected chi connectivity index (χ3v) is 6.92. The Morgan fingerprint density at radius 2 is 1.42 bits per heavy atom. The van der Waals surface area contributed by atoms with Gasteiger partial charge in [-0.05, 0) is 36.6 Å². The summed E-state index contributed by atoms with van der Waals surface area (Å²) in [5.41, 5.74) is 4.75. The van der Waals surface area contributed by atoms with E-state index >= 15 is 0 Å². The van der Waals surface area contributed by atoms with Crippen LogP contribution in [0, 0.1) is 5.92 Å². The van der Waals surface area contributed by atoms with Crippen molar-refractivity contribution in [3.63, 3.8) is 0 Å². The van der Waals surface area contributed by atoms with Crippen molar-refractivity contribution in [2.45, 2.75) is 38.1 Å². The number of hydrogen-bond acceptors (Lipinski definition) is 5. The molecule has 2 amide bonds. The van der Waals surface area contributed by atoms with Gasteiger partial charge in [0, 0.05) is 16.9 Å². The Labute approximate surface area is 220 Å². The van der Waals surface area contributed by atoms with E-state index in [9.17, 15) is 14.4 Å². The molecule has 3 N–H and O–H groups in total. The molecule has 0 spiro atoms. The molecule has 1 aliphatic rings. The van der Waals surface area contributed by atoms with Crippen LogP contribution in [0.1, 0.15) is 59.8 Å². The number of H-pyrrole nitrogens is 1. The minimum absolute atomic E-state index is 0.232. The lowest BCUT2D eigenvalue weighted by atomic mass is 9.83. The van der Waals surface area contributed by atoms with Crippen molar-refractivity contribution >= 4 is 28.3 Å². The smallest absolute Gasteiger partial charge is 0.272 e. The van der Waals surface area contributed by atoms with E-state index in [1.54, 1.807) is 48.5 Å². The second-order valence-corrected chi connectivity index (χ2v) is 9.43. The van der Waals surface area contributed by atoms with Crippen LogP contribution >= 0.6 is 0 Å². The van der Waals surface area contributed by atoms with Crippen LogP contribution in [-0.4, -0.2) is 27.7 Å². The van der Waals surface area contributed by atoms with Crippen molar-refractivity contribution in [3.8, 4) is 0 Å². The minimum atomic E-state index is -1.20. The number of nitrogens with one attached hydrogen (secondary N) is 3. The van der Waals surface area contributed by atoms with Gasteiger partial charge < -0.3 is 5.32 Å². The number of carbonyl (C=O) groups excluding carboxylic acids is 2. The highest BCUT2D eigenvalue weighted by Gasteiger charge is 2.28. The van der Waals surface area contributed by atoms with Crippen LogP contribution < -0.4 is 16.3 Å². The van der Waals surface area contributed by atoms with Gasteiger partial charge in [-0.2, -0.15) is 10.2 Å². The summed E-state index contributed by atoms with van der Waals surface area (Å²) < 4.78 is 0. The van der Waals surface area contributed by atoms with E-state index in [2.05, 4.69) is 26.0 Å². The summed E-state index contributed by atoms with van der Waals surface area (Å²) in [5.74, 6) is -0.763. The minimum Gasteiger partial charge on any atom is -0.335 e. The average molecular weight is 508 g/mol. The van der Waals surface area contributed by atoms with Crippen LogP contribution in [0.25, 0.3) is 10.8 Å². The Hall–Kier alpha value is -4.59. The van der Waals surface area contributed by atoms with E-state index in [0.717, 1.165) is 37.0 Å². The summed E-state index contributed by atoms with van der Waals surface area (Å²) in [5, 5.41) is 14.9. The first-order valence-corrected chi connectivity index (χ1v) is 12.9. The van der Waals surface area contributed by atoms with Gasteiger partial charge in [0.05, 0.1) is 11.1 Å². The number of amides is 2. The van der Waals surface area contributed by atoms with E-state index < -0.39 is 17.9 Å². The first-order chi connectivity index (χ1) is 18.6. The molecule has 1 aromatic heterocycles. The fourth-order valence-electron chi connectivity index (χ4n) is 4.97. The predicted octanol–water partition coefficient (Wildman–Crippen LogP) is 4.50. The van der Waals surface area contributed by atoms with E-state index in [4.69, 9.17) is 0 Å².